The molecule has 2 aliphatic heterocycles. The minimum absolute atomic E-state index is 0.0572. The van der Waals surface area contributed by atoms with Crippen LogP contribution in [0.2, 0.25) is 0 Å². The maximum atomic E-state index is 13.2. The van der Waals surface area contributed by atoms with Crippen LogP contribution >= 0.6 is 0 Å². The summed E-state index contributed by atoms with van der Waals surface area (Å²) in [4.78, 5) is 50.9. The number of esters is 1. The molecule has 4 N–H and O–H groups in total. The van der Waals surface area contributed by atoms with Gasteiger partial charge in [0.05, 0.1) is 12.6 Å². The minimum Gasteiger partial charge on any atom is -0.463 e. The van der Waals surface area contributed by atoms with Crippen molar-refractivity contribution < 1.29 is 23.9 Å². The summed E-state index contributed by atoms with van der Waals surface area (Å²) in [6.45, 7) is 6.98. The largest absolute Gasteiger partial charge is 0.463 e. The van der Waals surface area contributed by atoms with Gasteiger partial charge in [-0.2, -0.15) is 0 Å². The second-order valence-electron chi connectivity index (χ2n) is 8.31. The van der Waals surface area contributed by atoms with Crippen molar-refractivity contribution in [2.45, 2.75) is 64.6 Å². The molecule has 2 saturated heterocycles. The Kier molecular flexibility index (Phi) is 8.83. The first-order valence-electron chi connectivity index (χ1n) is 10.7. The average Bonchev–Trinajstić information content (AvgIpc) is 3.23. The molecule has 0 unspecified atom stereocenters. The van der Waals surface area contributed by atoms with Crippen LogP contribution in [0.3, 0.4) is 0 Å². The van der Waals surface area contributed by atoms with Crippen LogP contribution in [0.25, 0.3) is 0 Å². The molecule has 4 atom stereocenters. The summed E-state index contributed by atoms with van der Waals surface area (Å²) in [6, 6.07) is -1.74. The summed E-state index contributed by atoms with van der Waals surface area (Å²) >= 11 is 0. The standard InChI is InChI=1S/C21H34N4O5/c1-4-30-18(26)6-5-15(12-14-7-9-23-19(14)27)24-20(28)17(11-13(2)3)25-10-8-16(22)21(25)29/h5-6,13-17H,4,7-12,22H2,1-3H3,(H,23,27)(H,24,28)/b6-5+/t14-,15+,16-,17+/m0/s1. The van der Waals surface area contributed by atoms with Crippen LogP contribution in [0.5, 0.6) is 0 Å². The molecule has 0 saturated carbocycles. The van der Waals surface area contributed by atoms with Crippen molar-refractivity contribution in [1.29, 1.82) is 0 Å². The monoisotopic (exact) mass is 422 g/mol. The zero-order valence-corrected chi connectivity index (χ0v) is 18.1. The van der Waals surface area contributed by atoms with Crippen molar-refractivity contribution in [3.63, 3.8) is 0 Å². The number of rotatable bonds is 10. The summed E-state index contributed by atoms with van der Waals surface area (Å²) < 4.78 is 4.91. The average molecular weight is 423 g/mol. The summed E-state index contributed by atoms with van der Waals surface area (Å²) in [5, 5.41) is 5.72. The van der Waals surface area contributed by atoms with Crippen molar-refractivity contribution in [2.24, 2.45) is 17.6 Å². The molecule has 30 heavy (non-hydrogen) atoms. The van der Waals surface area contributed by atoms with E-state index in [1.54, 1.807) is 17.9 Å². The zero-order chi connectivity index (χ0) is 22.3. The SMILES string of the molecule is CCOC(=O)/C=C/[C@H](C[C@@H]1CCNC1=O)NC(=O)[C@@H](CC(C)C)N1CC[C@H](N)C1=O. The van der Waals surface area contributed by atoms with E-state index in [-0.39, 0.29) is 36.2 Å². The van der Waals surface area contributed by atoms with E-state index in [2.05, 4.69) is 10.6 Å². The Labute approximate surface area is 177 Å². The van der Waals surface area contributed by atoms with Gasteiger partial charge in [0.1, 0.15) is 6.04 Å². The number of nitrogens with one attached hydrogen (secondary N) is 2. The van der Waals surface area contributed by atoms with Gasteiger partial charge in [-0.25, -0.2) is 4.79 Å². The summed E-state index contributed by atoms with van der Waals surface area (Å²) in [5.41, 5.74) is 5.84. The number of nitrogens with two attached hydrogens (primary N) is 1. The first-order chi connectivity index (χ1) is 14.2. The van der Waals surface area contributed by atoms with Gasteiger partial charge in [-0.3, -0.25) is 14.4 Å². The van der Waals surface area contributed by atoms with E-state index >= 15 is 0 Å². The van der Waals surface area contributed by atoms with Gasteiger partial charge in [-0.1, -0.05) is 19.9 Å². The van der Waals surface area contributed by atoms with Gasteiger partial charge in [0.2, 0.25) is 17.7 Å². The maximum absolute atomic E-state index is 13.2. The van der Waals surface area contributed by atoms with Crippen LogP contribution < -0.4 is 16.4 Å². The molecule has 2 rings (SSSR count). The van der Waals surface area contributed by atoms with Gasteiger partial charge in [-0.05, 0) is 38.5 Å². The first kappa shape index (κ1) is 23.9. The quantitative estimate of drug-likeness (QED) is 0.338. The van der Waals surface area contributed by atoms with Gasteiger partial charge >= 0.3 is 5.97 Å². The number of amides is 3. The van der Waals surface area contributed by atoms with E-state index < -0.39 is 24.1 Å². The minimum atomic E-state index is -0.637. The fraction of sp³-hybridized carbons (Fsp3) is 0.714. The molecule has 2 fully saturated rings. The molecule has 0 radical (unpaired) electrons. The fourth-order valence-corrected chi connectivity index (χ4v) is 3.88. The maximum Gasteiger partial charge on any atom is 0.330 e. The lowest BCUT2D eigenvalue weighted by Crippen LogP contribution is -2.52. The molecule has 9 heteroatoms. The summed E-state index contributed by atoms with van der Waals surface area (Å²) in [5.74, 6) is -1.13. The molecular formula is C21H34N4O5. The first-order valence-corrected chi connectivity index (χ1v) is 10.7. The highest BCUT2D eigenvalue weighted by atomic mass is 16.5. The van der Waals surface area contributed by atoms with E-state index in [1.807, 2.05) is 13.8 Å². The molecule has 2 aliphatic rings. The normalized spacial score (nSPS) is 23.7. The lowest BCUT2D eigenvalue weighted by Gasteiger charge is -2.30. The lowest BCUT2D eigenvalue weighted by molar-refractivity contribution is -0.138. The molecule has 0 aromatic heterocycles. The third-order valence-corrected chi connectivity index (χ3v) is 5.43. The van der Waals surface area contributed by atoms with E-state index in [1.165, 1.54) is 6.08 Å². The summed E-state index contributed by atoms with van der Waals surface area (Å²) in [7, 11) is 0. The number of hydrogen-bond acceptors (Lipinski definition) is 6. The van der Waals surface area contributed by atoms with Crippen molar-refractivity contribution in [3.8, 4) is 0 Å². The molecule has 3 amide bonds. The molecule has 0 aromatic carbocycles. The molecule has 168 valence electrons. The lowest BCUT2D eigenvalue weighted by atomic mass is 9.96. The van der Waals surface area contributed by atoms with E-state index in [0.717, 1.165) is 0 Å². The molecule has 0 aliphatic carbocycles. The highest BCUT2D eigenvalue weighted by Crippen LogP contribution is 2.21. The van der Waals surface area contributed by atoms with Crippen LogP contribution in [0.4, 0.5) is 0 Å². The summed E-state index contributed by atoms with van der Waals surface area (Å²) in [6.07, 6.45) is 4.90. The van der Waals surface area contributed by atoms with Crippen LogP contribution in [0, 0.1) is 11.8 Å². The second kappa shape index (κ2) is 11.1. The fourth-order valence-electron chi connectivity index (χ4n) is 3.88. The van der Waals surface area contributed by atoms with Crippen LogP contribution in [0.1, 0.15) is 46.5 Å². The Morgan fingerprint density at radius 1 is 1.33 bits per heavy atom. The van der Waals surface area contributed by atoms with Crippen LogP contribution in [0.15, 0.2) is 12.2 Å². The van der Waals surface area contributed by atoms with Gasteiger partial charge in [0, 0.05) is 31.1 Å². The predicted molar refractivity (Wildman–Crippen MR) is 111 cm³/mol. The van der Waals surface area contributed by atoms with Crippen molar-refractivity contribution in [2.75, 3.05) is 19.7 Å². The molecular weight excluding hydrogens is 388 g/mol. The van der Waals surface area contributed by atoms with Gasteiger partial charge in [0.15, 0.2) is 0 Å². The third-order valence-electron chi connectivity index (χ3n) is 5.43. The van der Waals surface area contributed by atoms with E-state index in [0.29, 0.717) is 38.8 Å². The molecule has 2 heterocycles. The van der Waals surface area contributed by atoms with Crippen molar-refractivity contribution >= 4 is 23.7 Å². The Hall–Kier alpha value is -2.42. The Morgan fingerprint density at radius 2 is 2.07 bits per heavy atom. The molecule has 0 aromatic rings. The molecule has 0 bridgehead atoms. The molecule has 0 spiro atoms. The highest BCUT2D eigenvalue weighted by Gasteiger charge is 2.38. The highest BCUT2D eigenvalue weighted by molar-refractivity contribution is 5.91. The smallest absolute Gasteiger partial charge is 0.330 e. The predicted octanol–water partition coefficient (Wildman–Crippen LogP) is 0.0910. The van der Waals surface area contributed by atoms with Crippen LogP contribution in [-0.2, 0) is 23.9 Å². The molecule has 9 nitrogen and oxygen atoms in total. The van der Waals surface area contributed by atoms with E-state index in [4.69, 9.17) is 10.5 Å². The van der Waals surface area contributed by atoms with Crippen molar-refractivity contribution in [1.82, 2.24) is 15.5 Å². The Balaban J connectivity index is 2.14. The number of carbonyl (C=O) groups excluding carboxylic acids is 4. The Bertz CT molecular complexity index is 678. The number of carbonyl (C=O) groups is 4. The van der Waals surface area contributed by atoms with Crippen LogP contribution in [-0.4, -0.2) is 66.4 Å². The number of nitrogens with zero attached hydrogens (tertiary/aromatic N) is 1. The van der Waals surface area contributed by atoms with E-state index in [9.17, 15) is 19.2 Å². The second-order valence-corrected chi connectivity index (χ2v) is 8.31. The zero-order valence-electron chi connectivity index (χ0n) is 18.1. The number of likely N-dealkylation sites (tertiary alicyclic amines) is 1. The third kappa shape index (κ3) is 6.55. The number of hydrogen-bond donors (Lipinski definition) is 3. The van der Waals surface area contributed by atoms with Crippen molar-refractivity contribution in [3.05, 3.63) is 12.2 Å². The topological polar surface area (TPSA) is 131 Å². The van der Waals surface area contributed by atoms with Gasteiger partial charge in [-0.15, -0.1) is 0 Å². The van der Waals surface area contributed by atoms with Gasteiger partial charge < -0.3 is 26.0 Å². The van der Waals surface area contributed by atoms with Gasteiger partial charge in [0.25, 0.3) is 0 Å². The number of ether oxygens (including phenoxy) is 1. The Morgan fingerprint density at radius 3 is 2.60 bits per heavy atom.